The Morgan fingerprint density at radius 1 is 0.0873 bits per heavy atom. The van der Waals surface area contributed by atoms with Crippen molar-refractivity contribution < 1.29 is 0 Å². The summed E-state index contributed by atoms with van der Waals surface area (Å²) >= 11 is 11.0. The maximum Gasteiger partial charge on any atom is 0.0462 e. The van der Waals surface area contributed by atoms with Gasteiger partial charge in [0.15, 0.2) is 0 Å². The van der Waals surface area contributed by atoms with Gasteiger partial charge in [-0.15, -0.1) is 0 Å². The van der Waals surface area contributed by atoms with Gasteiger partial charge in [-0.1, -0.05) is 289 Å². The van der Waals surface area contributed by atoms with E-state index in [1.165, 1.54) is 0 Å². The van der Waals surface area contributed by atoms with E-state index in [0.29, 0.717) is 0 Å². The molecule has 0 saturated carbocycles. The van der Waals surface area contributed by atoms with Crippen LogP contribution in [0.15, 0.2) is 568 Å². The fraction of sp³-hybridized carbons (Fsp3) is 0. The monoisotopic (exact) mass is 1730 g/mol. The van der Waals surface area contributed by atoms with E-state index in [4.69, 9.17) is 0 Å². The van der Waals surface area contributed by atoms with Crippen LogP contribution < -0.4 is 29.4 Å². The molecule has 0 aliphatic rings. The largest absolute Gasteiger partial charge is 0.311 e. The van der Waals surface area contributed by atoms with Crippen molar-refractivity contribution in [2.75, 3.05) is 29.4 Å². The van der Waals surface area contributed by atoms with Gasteiger partial charge in [-0.2, -0.15) is 0 Å². The highest BCUT2D eigenvalue weighted by atomic mass is 32.2. The molecule has 126 heavy (non-hydrogen) atoms. The van der Waals surface area contributed by atoms with E-state index in [-0.39, 0.29) is 0 Å². The van der Waals surface area contributed by atoms with E-state index in [1.807, 2.05) is 70.6 Å². The number of hydrogen-bond donors (Lipinski definition) is 0. The lowest BCUT2D eigenvalue weighted by Crippen LogP contribution is -2.09. The van der Waals surface area contributed by atoms with Gasteiger partial charge in [0, 0.05) is 161 Å². The number of nitrogens with zero attached hydrogens (tertiary/aromatic N) is 6. The predicted octanol–water partition coefficient (Wildman–Crippen LogP) is 35.4. The Labute approximate surface area is 764 Å². The van der Waals surface area contributed by atoms with Crippen molar-refractivity contribution in [2.45, 2.75) is 58.7 Å². The molecular formula is C114H84N6S6. The van der Waals surface area contributed by atoms with Crippen molar-refractivity contribution in [3.63, 3.8) is 0 Å². The molecule has 0 aliphatic carbocycles. The van der Waals surface area contributed by atoms with Crippen molar-refractivity contribution >= 4 is 173 Å². The van der Waals surface area contributed by atoms with E-state index < -0.39 is 0 Å². The van der Waals surface area contributed by atoms with Crippen molar-refractivity contribution in [1.29, 1.82) is 0 Å². The Bertz CT molecular complexity index is 5360. The van der Waals surface area contributed by atoms with Crippen molar-refractivity contribution in [3.05, 3.63) is 510 Å². The molecule has 0 saturated heterocycles. The lowest BCUT2D eigenvalue weighted by Gasteiger charge is -2.28. The predicted molar refractivity (Wildman–Crippen MR) is 538 cm³/mol. The van der Waals surface area contributed by atoms with Crippen LogP contribution in [0.4, 0.5) is 102 Å². The Morgan fingerprint density at radius 2 is 0.167 bits per heavy atom. The number of para-hydroxylation sites is 12. The molecule has 0 amide bonds. The molecule has 0 N–H and O–H groups in total. The van der Waals surface area contributed by atoms with Crippen LogP contribution in [-0.4, -0.2) is 0 Å². The molecule has 0 spiro atoms. The molecule has 0 bridgehead atoms. The minimum atomic E-state index is 1.05. The van der Waals surface area contributed by atoms with Crippen LogP contribution in [-0.2, 0) is 0 Å². The fourth-order valence-electron chi connectivity index (χ4n) is 15.5. The number of anilines is 18. The first-order valence-electron chi connectivity index (χ1n) is 41.8. The SMILES string of the molecule is c1ccc(N(c2ccccc2)c2ccc(Sc3c(Sc4ccc(N(c5ccccc5)c5ccccc5)cc4)c(Sc4ccc(N(c5ccccc5)c5ccccc5)cc4)c(Sc4ccc(N(c5ccccc5)c5ccccc5)cc4)c(Sc4ccc(N(c5ccccc5)c5ccccc5)cc4)c3Sc3ccc(N(c4ccccc4)c4ccccc4)cc3)cc2)cc1. The highest BCUT2D eigenvalue weighted by Crippen LogP contribution is 2.61. The molecule has 19 aromatic rings. The van der Waals surface area contributed by atoms with Gasteiger partial charge in [0.05, 0.1) is 0 Å². The molecule has 0 radical (unpaired) electrons. The Balaban J connectivity index is 0.863. The summed E-state index contributed by atoms with van der Waals surface area (Å²) in [7, 11) is 0. The van der Waals surface area contributed by atoms with Crippen molar-refractivity contribution in [2.24, 2.45) is 0 Å². The highest BCUT2D eigenvalue weighted by Gasteiger charge is 2.31. The Hall–Kier alpha value is -13.9. The second-order valence-corrected chi connectivity index (χ2v) is 36.1. The van der Waals surface area contributed by atoms with Crippen LogP contribution in [0.25, 0.3) is 0 Å². The van der Waals surface area contributed by atoms with Gasteiger partial charge in [0.25, 0.3) is 0 Å². The molecule has 0 unspecified atom stereocenters. The van der Waals surface area contributed by atoms with E-state index in [1.54, 1.807) is 0 Å². The Kier molecular flexibility index (Phi) is 25.8. The minimum Gasteiger partial charge on any atom is -0.311 e. The summed E-state index contributed by atoms with van der Waals surface area (Å²) in [5.41, 5.74) is 19.1. The number of benzene rings is 19. The quantitative estimate of drug-likeness (QED) is 0.0428. The average molecular weight is 1730 g/mol. The molecule has 0 atom stereocenters. The third-order valence-electron chi connectivity index (χ3n) is 21.3. The summed E-state index contributed by atoms with van der Waals surface area (Å²) in [6.45, 7) is 0. The van der Waals surface area contributed by atoms with Crippen molar-refractivity contribution in [1.82, 2.24) is 0 Å². The van der Waals surface area contributed by atoms with Gasteiger partial charge in [0.2, 0.25) is 0 Å². The van der Waals surface area contributed by atoms with Gasteiger partial charge in [-0.3, -0.25) is 0 Å². The summed E-state index contributed by atoms with van der Waals surface area (Å²) in [6, 6.07) is 184. The second-order valence-electron chi connectivity index (χ2n) is 29.6. The van der Waals surface area contributed by atoms with Crippen LogP contribution >= 0.6 is 70.6 Å². The molecular weight excluding hydrogens is 1650 g/mol. The summed E-state index contributed by atoms with van der Waals surface area (Å²) in [6.07, 6.45) is 0. The van der Waals surface area contributed by atoms with Gasteiger partial charge in [-0.25, -0.2) is 0 Å². The molecule has 0 aromatic heterocycles. The third-order valence-corrected chi connectivity index (χ3v) is 28.8. The van der Waals surface area contributed by atoms with E-state index >= 15 is 0 Å². The van der Waals surface area contributed by atoms with E-state index in [0.717, 1.165) is 161 Å². The molecule has 12 heteroatoms. The molecule has 19 aromatic carbocycles. The van der Waals surface area contributed by atoms with Crippen molar-refractivity contribution in [3.8, 4) is 0 Å². The van der Waals surface area contributed by atoms with Crippen LogP contribution in [0.3, 0.4) is 0 Å². The van der Waals surface area contributed by atoms with Crippen LogP contribution in [0.1, 0.15) is 0 Å². The first-order chi connectivity index (χ1) is 62.5. The Morgan fingerprint density at radius 3 is 0.254 bits per heavy atom. The highest BCUT2D eigenvalue weighted by molar-refractivity contribution is 8.07. The molecule has 0 heterocycles. The lowest BCUT2D eigenvalue weighted by atomic mass is 10.2. The summed E-state index contributed by atoms with van der Waals surface area (Å²) in [4.78, 5) is 27.3. The molecule has 0 fully saturated rings. The first kappa shape index (κ1) is 81.7. The van der Waals surface area contributed by atoms with Crippen LogP contribution in [0.2, 0.25) is 0 Å². The summed E-state index contributed by atoms with van der Waals surface area (Å²) < 4.78 is 0. The standard InChI is InChI=1S/C114H84N6S6/c1-13-37-85(38-14-1)115(86-39-15-2-16-40-86)97-61-73-103(74-62-97)121-109-110(122-104-75-63-98(64-76-104)116(87-41-17-3-18-42-87)88-43-19-4-20-44-88)112(124-106-79-67-100(68-80-106)118(91-49-25-7-26-50-91)92-51-27-8-28-52-92)114(126-108-83-71-102(72-84-108)120(95-57-33-11-34-58-95)96-59-35-12-36-60-96)113(125-107-81-69-101(70-82-107)119(93-53-29-9-30-54-93)94-55-31-10-32-56-94)111(109)123-105-77-65-99(66-78-105)117(89-45-21-5-22-46-89)90-47-23-6-24-48-90/h1-84H. The third kappa shape index (κ3) is 19.1. The zero-order valence-corrected chi connectivity index (χ0v) is 73.5. The average Bonchev–Trinajstić information content (AvgIpc) is 0.742. The summed E-state index contributed by atoms with van der Waals surface area (Å²) in [5, 5.41) is 0. The molecule has 6 nitrogen and oxygen atoms in total. The van der Waals surface area contributed by atoms with E-state index in [9.17, 15) is 0 Å². The lowest BCUT2D eigenvalue weighted by molar-refractivity contribution is 0.871. The van der Waals surface area contributed by atoms with Crippen LogP contribution in [0.5, 0.6) is 0 Å². The zero-order valence-electron chi connectivity index (χ0n) is 68.6. The number of hydrogen-bond acceptors (Lipinski definition) is 12. The van der Waals surface area contributed by atoms with Gasteiger partial charge in [0.1, 0.15) is 0 Å². The van der Waals surface area contributed by atoms with E-state index in [2.05, 4.69) is 539 Å². The zero-order chi connectivity index (χ0) is 84.4. The van der Waals surface area contributed by atoms with Crippen LogP contribution in [0, 0.1) is 0 Å². The molecule has 606 valence electrons. The van der Waals surface area contributed by atoms with Gasteiger partial charge >= 0.3 is 0 Å². The fourth-order valence-corrected chi connectivity index (χ4v) is 22.7. The first-order valence-corrected chi connectivity index (χ1v) is 46.7. The van der Waals surface area contributed by atoms with Gasteiger partial charge < -0.3 is 29.4 Å². The normalized spacial score (nSPS) is 11.0. The minimum absolute atomic E-state index is 1.05. The smallest absolute Gasteiger partial charge is 0.0462 e. The molecule has 0 aliphatic heterocycles. The van der Waals surface area contributed by atoms with Gasteiger partial charge in [-0.05, 0) is 291 Å². The molecule has 19 rings (SSSR count). The summed E-state index contributed by atoms with van der Waals surface area (Å²) in [5.74, 6) is 0. The maximum absolute atomic E-state index is 2.34. The second kappa shape index (κ2) is 39.7. The number of rotatable bonds is 30. The topological polar surface area (TPSA) is 19.4 Å². The maximum atomic E-state index is 2.34.